The molecule has 1 atom stereocenters. The summed E-state index contributed by atoms with van der Waals surface area (Å²) in [6.07, 6.45) is 12.4. The first-order valence-electron chi connectivity index (χ1n) is 6.52. The van der Waals surface area contributed by atoms with Crippen LogP contribution in [-0.4, -0.2) is 22.1 Å². The molecular weight excluding hydrogens is 198 g/mol. The molecule has 1 aromatic heterocycles. The maximum atomic E-state index is 4.03. The van der Waals surface area contributed by atoms with Crippen LogP contribution in [0.4, 0.5) is 0 Å². The molecule has 1 N–H and O–H groups in total. The number of hydrogen-bond donors (Lipinski definition) is 1. The van der Waals surface area contributed by atoms with E-state index in [0.717, 1.165) is 13.1 Å². The molecule has 16 heavy (non-hydrogen) atoms. The van der Waals surface area contributed by atoms with Crippen LogP contribution in [0.1, 0.15) is 46.0 Å². The Morgan fingerprint density at radius 2 is 2.19 bits per heavy atom. The first-order valence-corrected chi connectivity index (χ1v) is 6.52. The lowest BCUT2D eigenvalue weighted by Gasteiger charge is -2.13. The molecule has 3 heteroatoms. The fourth-order valence-electron chi connectivity index (χ4n) is 1.84. The topological polar surface area (TPSA) is 29.9 Å². The third-order valence-electron chi connectivity index (χ3n) is 2.91. The Kier molecular flexibility index (Phi) is 6.90. The molecule has 92 valence electrons. The molecule has 1 heterocycles. The van der Waals surface area contributed by atoms with Gasteiger partial charge in [0.05, 0.1) is 6.33 Å². The van der Waals surface area contributed by atoms with E-state index in [1.54, 1.807) is 0 Å². The van der Waals surface area contributed by atoms with Gasteiger partial charge in [-0.2, -0.15) is 0 Å². The van der Waals surface area contributed by atoms with E-state index >= 15 is 0 Å². The molecule has 0 aromatic carbocycles. The van der Waals surface area contributed by atoms with Gasteiger partial charge in [-0.3, -0.25) is 0 Å². The number of unbranched alkanes of at least 4 members (excludes halogenated alkanes) is 3. The minimum absolute atomic E-state index is 0.639. The molecule has 0 saturated heterocycles. The molecule has 3 nitrogen and oxygen atoms in total. The maximum Gasteiger partial charge on any atom is 0.0946 e. The number of hydrogen-bond acceptors (Lipinski definition) is 2. The van der Waals surface area contributed by atoms with Crippen LogP contribution in [0.3, 0.4) is 0 Å². The second kappa shape index (κ2) is 8.34. The highest BCUT2D eigenvalue weighted by Gasteiger charge is 2.00. The first-order chi connectivity index (χ1) is 7.83. The number of nitrogens with one attached hydrogen (secondary N) is 1. The van der Waals surface area contributed by atoms with Gasteiger partial charge in [-0.25, -0.2) is 4.98 Å². The Balaban J connectivity index is 1.95. The minimum Gasteiger partial charge on any atom is -0.336 e. The predicted octanol–water partition coefficient (Wildman–Crippen LogP) is 2.83. The molecule has 0 aliphatic rings. The fourth-order valence-corrected chi connectivity index (χ4v) is 1.84. The molecule has 0 amide bonds. The monoisotopic (exact) mass is 223 g/mol. The molecule has 1 aromatic rings. The van der Waals surface area contributed by atoms with E-state index in [4.69, 9.17) is 0 Å². The summed E-state index contributed by atoms with van der Waals surface area (Å²) in [7, 11) is 0. The highest BCUT2D eigenvalue weighted by atomic mass is 15.0. The molecule has 0 fully saturated rings. The third kappa shape index (κ3) is 5.91. The maximum absolute atomic E-state index is 4.03. The summed E-state index contributed by atoms with van der Waals surface area (Å²) in [4.78, 5) is 4.03. The van der Waals surface area contributed by atoms with Crippen LogP contribution < -0.4 is 5.32 Å². The van der Waals surface area contributed by atoms with Crippen LogP contribution >= 0.6 is 0 Å². The summed E-state index contributed by atoms with van der Waals surface area (Å²) in [5.74, 6) is 0. The van der Waals surface area contributed by atoms with Gasteiger partial charge >= 0.3 is 0 Å². The van der Waals surface area contributed by atoms with E-state index in [2.05, 4.69) is 28.7 Å². The van der Waals surface area contributed by atoms with Crippen LogP contribution in [0, 0.1) is 0 Å². The summed E-state index contributed by atoms with van der Waals surface area (Å²) in [6, 6.07) is 0.639. The smallest absolute Gasteiger partial charge is 0.0946 e. The van der Waals surface area contributed by atoms with Crippen molar-refractivity contribution >= 4 is 0 Å². The van der Waals surface area contributed by atoms with E-state index in [1.165, 1.54) is 32.1 Å². The Labute approximate surface area is 99.3 Å². The standard InChI is InChI=1S/C13H25N3/c1-3-4-5-6-7-13(2)15-9-11-16-10-8-14-12-16/h8,10,12-13,15H,3-7,9,11H2,1-2H3. The minimum atomic E-state index is 0.639. The summed E-state index contributed by atoms with van der Waals surface area (Å²) >= 11 is 0. The van der Waals surface area contributed by atoms with Gasteiger partial charge < -0.3 is 9.88 Å². The second-order valence-corrected chi connectivity index (χ2v) is 4.51. The quantitative estimate of drug-likeness (QED) is 0.652. The molecule has 0 spiro atoms. The van der Waals surface area contributed by atoms with Gasteiger partial charge in [0.25, 0.3) is 0 Å². The normalized spacial score (nSPS) is 12.9. The Morgan fingerprint density at radius 3 is 2.88 bits per heavy atom. The van der Waals surface area contributed by atoms with Crippen molar-refractivity contribution in [2.75, 3.05) is 6.54 Å². The molecule has 1 unspecified atom stereocenters. The fraction of sp³-hybridized carbons (Fsp3) is 0.769. The van der Waals surface area contributed by atoms with E-state index < -0.39 is 0 Å². The zero-order valence-corrected chi connectivity index (χ0v) is 10.7. The highest BCUT2D eigenvalue weighted by Crippen LogP contribution is 2.04. The SMILES string of the molecule is CCCCCCC(C)NCCn1ccnc1. The van der Waals surface area contributed by atoms with Gasteiger partial charge in [-0.1, -0.05) is 32.6 Å². The van der Waals surface area contributed by atoms with Crippen molar-refractivity contribution in [3.05, 3.63) is 18.7 Å². The first kappa shape index (κ1) is 13.2. The van der Waals surface area contributed by atoms with Crippen molar-refractivity contribution in [3.8, 4) is 0 Å². The molecule has 0 saturated carbocycles. The summed E-state index contributed by atoms with van der Waals surface area (Å²) < 4.78 is 2.11. The molecular formula is C13H25N3. The van der Waals surface area contributed by atoms with Crippen LogP contribution in [0.25, 0.3) is 0 Å². The zero-order valence-electron chi connectivity index (χ0n) is 10.7. The lowest BCUT2D eigenvalue weighted by molar-refractivity contribution is 0.467. The lowest BCUT2D eigenvalue weighted by atomic mass is 10.1. The van der Waals surface area contributed by atoms with Gasteiger partial charge in [-0.15, -0.1) is 0 Å². The van der Waals surface area contributed by atoms with E-state index in [9.17, 15) is 0 Å². The van der Waals surface area contributed by atoms with Crippen molar-refractivity contribution in [2.45, 2.75) is 58.5 Å². The summed E-state index contributed by atoms with van der Waals surface area (Å²) in [6.45, 7) is 6.58. The molecule has 0 aliphatic carbocycles. The van der Waals surface area contributed by atoms with Crippen LogP contribution in [0.15, 0.2) is 18.7 Å². The second-order valence-electron chi connectivity index (χ2n) is 4.51. The largest absolute Gasteiger partial charge is 0.336 e. The van der Waals surface area contributed by atoms with Crippen molar-refractivity contribution in [2.24, 2.45) is 0 Å². The zero-order chi connectivity index (χ0) is 11.6. The highest BCUT2D eigenvalue weighted by molar-refractivity contribution is 4.74. The lowest BCUT2D eigenvalue weighted by Crippen LogP contribution is -2.29. The Bertz CT molecular complexity index is 244. The average Bonchev–Trinajstić information content (AvgIpc) is 2.77. The van der Waals surface area contributed by atoms with Crippen molar-refractivity contribution in [3.63, 3.8) is 0 Å². The molecule has 0 bridgehead atoms. The van der Waals surface area contributed by atoms with E-state index in [1.807, 2.05) is 18.7 Å². The van der Waals surface area contributed by atoms with Crippen LogP contribution in [-0.2, 0) is 6.54 Å². The number of nitrogens with zero attached hydrogens (tertiary/aromatic N) is 2. The van der Waals surface area contributed by atoms with Gasteiger partial charge in [0.1, 0.15) is 0 Å². The molecule has 0 radical (unpaired) electrons. The Hall–Kier alpha value is -0.830. The van der Waals surface area contributed by atoms with Crippen molar-refractivity contribution in [1.82, 2.24) is 14.9 Å². The Morgan fingerprint density at radius 1 is 1.31 bits per heavy atom. The van der Waals surface area contributed by atoms with Gasteiger partial charge in [0.15, 0.2) is 0 Å². The van der Waals surface area contributed by atoms with Gasteiger partial charge in [-0.05, 0) is 13.3 Å². The van der Waals surface area contributed by atoms with E-state index in [0.29, 0.717) is 6.04 Å². The van der Waals surface area contributed by atoms with E-state index in [-0.39, 0.29) is 0 Å². The third-order valence-corrected chi connectivity index (χ3v) is 2.91. The van der Waals surface area contributed by atoms with Gasteiger partial charge in [0, 0.05) is 31.5 Å². The number of rotatable bonds is 9. The average molecular weight is 223 g/mol. The predicted molar refractivity (Wildman–Crippen MR) is 68.5 cm³/mol. The van der Waals surface area contributed by atoms with Crippen LogP contribution in [0.5, 0.6) is 0 Å². The van der Waals surface area contributed by atoms with Gasteiger partial charge in [0.2, 0.25) is 0 Å². The van der Waals surface area contributed by atoms with Crippen molar-refractivity contribution < 1.29 is 0 Å². The molecule has 0 aliphatic heterocycles. The number of imidazole rings is 1. The summed E-state index contributed by atoms with van der Waals surface area (Å²) in [5.41, 5.74) is 0. The summed E-state index contributed by atoms with van der Waals surface area (Å²) in [5, 5.41) is 3.55. The van der Waals surface area contributed by atoms with Crippen LogP contribution in [0.2, 0.25) is 0 Å². The molecule has 1 rings (SSSR count). The van der Waals surface area contributed by atoms with Crippen molar-refractivity contribution in [1.29, 1.82) is 0 Å². The number of aromatic nitrogens is 2.